The van der Waals surface area contributed by atoms with Crippen molar-refractivity contribution < 1.29 is 14.3 Å². The van der Waals surface area contributed by atoms with E-state index in [0.29, 0.717) is 19.6 Å². The van der Waals surface area contributed by atoms with E-state index >= 15 is 0 Å². The van der Waals surface area contributed by atoms with Crippen LogP contribution >= 0.6 is 0 Å². The van der Waals surface area contributed by atoms with E-state index in [-0.39, 0.29) is 11.3 Å². The van der Waals surface area contributed by atoms with Gasteiger partial charge in [-0.1, -0.05) is 36.4 Å². The van der Waals surface area contributed by atoms with E-state index in [9.17, 15) is 4.79 Å². The number of carbonyl (C=O) groups is 1. The number of methoxy groups -OCH3 is 1. The summed E-state index contributed by atoms with van der Waals surface area (Å²) in [6, 6.07) is 22.5. The zero-order valence-corrected chi connectivity index (χ0v) is 19.1. The Labute approximate surface area is 194 Å². The second kappa shape index (κ2) is 8.87. The number of amides is 1. The average Bonchev–Trinajstić information content (AvgIpc) is 3.42. The van der Waals surface area contributed by atoms with Crippen LogP contribution in [-0.2, 0) is 28.0 Å². The Kier molecular flexibility index (Phi) is 5.77. The van der Waals surface area contributed by atoms with Gasteiger partial charge in [0.2, 0.25) is 0 Å². The molecule has 2 aliphatic heterocycles. The Hall–Kier alpha value is -3.38. The van der Waals surface area contributed by atoms with Crippen molar-refractivity contribution in [2.75, 3.05) is 32.2 Å². The number of pyridine rings is 1. The summed E-state index contributed by atoms with van der Waals surface area (Å²) in [5.41, 5.74) is 4.44. The molecule has 2 aromatic carbocycles. The summed E-state index contributed by atoms with van der Waals surface area (Å²) >= 11 is 0. The number of hydrogen-bond acceptors (Lipinski definition) is 5. The lowest BCUT2D eigenvalue weighted by Gasteiger charge is -2.25. The van der Waals surface area contributed by atoms with Crippen LogP contribution in [0, 0.1) is 0 Å². The van der Waals surface area contributed by atoms with Crippen LogP contribution in [0.3, 0.4) is 0 Å². The standard InChI is InChI=1S/C27H29N3O3/c1-29(17-21-7-5-6-14-28-21)26(31)25-15-27(19-33-25)18-30(24-9-4-3-8-23(24)27)16-20-10-12-22(32-2)13-11-20/h3-14,25H,15-19H2,1-2H3/t25-,27+/m0/s1. The highest BCUT2D eigenvalue weighted by atomic mass is 16.5. The topological polar surface area (TPSA) is 54.9 Å². The van der Waals surface area contributed by atoms with Crippen molar-refractivity contribution in [1.82, 2.24) is 9.88 Å². The van der Waals surface area contributed by atoms with Crippen LogP contribution in [0.2, 0.25) is 0 Å². The van der Waals surface area contributed by atoms with Gasteiger partial charge in [0.1, 0.15) is 11.9 Å². The molecule has 6 heteroatoms. The van der Waals surface area contributed by atoms with Crippen LogP contribution in [-0.4, -0.2) is 49.2 Å². The molecule has 0 saturated carbocycles. The number of hydrogen-bond donors (Lipinski definition) is 0. The van der Waals surface area contributed by atoms with E-state index in [1.165, 1.54) is 16.8 Å². The summed E-state index contributed by atoms with van der Waals surface area (Å²) in [5.74, 6) is 0.876. The molecule has 3 heterocycles. The van der Waals surface area contributed by atoms with Crippen molar-refractivity contribution >= 4 is 11.6 Å². The molecule has 0 radical (unpaired) electrons. The first-order chi connectivity index (χ1) is 16.1. The van der Waals surface area contributed by atoms with Crippen molar-refractivity contribution in [3.63, 3.8) is 0 Å². The second-order valence-electron chi connectivity index (χ2n) is 9.02. The third kappa shape index (κ3) is 4.18. The zero-order chi connectivity index (χ0) is 22.8. The predicted molar refractivity (Wildman–Crippen MR) is 127 cm³/mol. The van der Waals surface area contributed by atoms with Gasteiger partial charge < -0.3 is 19.3 Å². The van der Waals surface area contributed by atoms with Crippen LogP contribution in [0.25, 0.3) is 0 Å². The molecule has 1 spiro atoms. The summed E-state index contributed by atoms with van der Waals surface area (Å²) < 4.78 is 11.4. The molecule has 2 aliphatic rings. The Morgan fingerprint density at radius 1 is 1.15 bits per heavy atom. The highest BCUT2D eigenvalue weighted by molar-refractivity contribution is 5.81. The van der Waals surface area contributed by atoms with Gasteiger partial charge in [-0.2, -0.15) is 0 Å². The molecule has 1 amide bonds. The maximum absolute atomic E-state index is 13.2. The smallest absolute Gasteiger partial charge is 0.251 e. The zero-order valence-electron chi connectivity index (χ0n) is 19.1. The molecule has 1 saturated heterocycles. The molecule has 6 nitrogen and oxygen atoms in total. The molecule has 0 N–H and O–H groups in total. The average molecular weight is 444 g/mol. The maximum atomic E-state index is 13.2. The Balaban J connectivity index is 1.32. The largest absolute Gasteiger partial charge is 0.497 e. The van der Waals surface area contributed by atoms with E-state index < -0.39 is 6.10 Å². The van der Waals surface area contributed by atoms with E-state index in [0.717, 1.165) is 24.5 Å². The molecule has 3 aromatic rings. The van der Waals surface area contributed by atoms with E-state index in [4.69, 9.17) is 9.47 Å². The molecular formula is C27H29N3O3. The second-order valence-corrected chi connectivity index (χ2v) is 9.02. The summed E-state index contributed by atoms with van der Waals surface area (Å²) in [7, 11) is 3.50. The van der Waals surface area contributed by atoms with Gasteiger partial charge in [-0.3, -0.25) is 9.78 Å². The first-order valence-electron chi connectivity index (χ1n) is 11.3. The monoisotopic (exact) mass is 443 g/mol. The molecule has 2 atom stereocenters. The summed E-state index contributed by atoms with van der Waals surface area (Å²) in [6.07, 6.45) is 2.00. The quantitative estimate of drug-likeness (QED) is 0.580. The lowest BCUT2D eigenvalue weighted by Crippen LogP contribution is -2.38. The van der Waals surface area contributed by atoms with Crippen LogP contribution in [0.1, 0.15) is 23.2 Å². The highest BCUT2D eigenvalue weighted by Gasteiger charge is 2.50. The minimum atomic E-state index is -0.437. The van der Waals surface area contributed by atoms with Gasteiger partial charge in [-0.25, -0.2) is 0 Å². The number of likely N-dealkylation sites (N-methyl/N-ethyl adjacent to an activating group) is 1. The number of para-hydroxylation sites is 1. The third-order valence-corrected chi connectivity index (χ3v) is 6.76. The van der Waals surface area contributed by atoms with Crippen molar-refractivity contribution in [3.8, 4) is 5.75 Å². The van der Waals surface area contributed by atoms with Gasteiger partial charge >= 0.3 is 0 Å². The van der Waals surface area contributed by atoms with Gasteiger partial charge in [0, 0.05) is 37.4 Å². The Bertz CT molecular complexity index is 1120. The third-order valence-electron chi connectivity index (χ3n) is 6.76. The predicted octanol–water partition coefficient (Wildman–Crippen LogP) is 3.80. The first-order valence-corrected chi connectivity index (χ1v) is 11.3. The fourth-order valence-electron chi connectivity index (χ4n) is 5.07. The number of aromatic nitrogens is 1. The number of ether oxygens (including phenoxy) is 2. The number of fused-ring (bicyclic) bond motifs is 2. The maximum Gasteiger partial charge on any atom is 0.251 e. The van der Waals surface area contributed by atoms with Gasteiger partial charge in [0.25, 0.3) is 5.91 Å². The van der Waals surface area contributed by atoms with Crippen molar-refractivity contribution in [3.05, 3.63) is 89.7 Å². The normalized spacial score (nSPS) is 21.3. The van der Waals surface area contributed by atoms with Crippen molar-refractivity contribution in [2.45, 2.75) is 31.0 Å². The van der Waals surface area contributed by atoms with Crippen LogP contribution in [0.5, 0.6) is 5.75 Å². The van der Waals surface area contributed by atoms with E-state index in [2.05, 4.69) is 46.3 Å². The molecular weight excluding hydrogens is 414 g/mol. The Morgan fingerprint density at radius 3 is 2.70 bits per heavy atom. The molecule has 170 valence electrons. The number of anilines is 1. The minimum absolute atomic E-state index is 0.0172. The summed E-state index contributed by atoms with van der Waals surface area (Å²) in [5, 5.41) is 0. The van der Waals surface area contributed by atoms with Crippen molar-refractivity contribution in [2.24, 2.45) is 0 Å². The number of carbonyl (C=O) groups excluding carboxylic acids is 1. The van der Waals surface area contributed by atoms with E-state index in [1.54, 1.807) is 18.2 Å². The fraction of sp³-hybridized carbons (Fsp3) is 0.333. The lowest BCUT2D eigenvalue weighted by atomic mass is 9.80. The van der Waals surface area contributed by atoms with Gasteiger partial charge in [0.05, 0.1) is 26.0 Å². The molecule has 1 aromatic heterocycles. The van der Waals surface area contributed by atoms with Gasteiger partial charge in [-0.15, -0.1) is 0 Å². The Morgan fingerprint density at radius 2 is 1.94 bits per heavy atom. The molecule has 0 aliphatic carbocycles. The summed E-state index contributed by atoms with van der Waals surface area (Å²) in [6.45, 7) is 2.68. The lowest BCUT2D eigenvalue weighted by molar-refractivity contribution is -0.140. The number of nitrogens with zero attached hydrogens (tertiary/aromatic N) is 3. The number of rotatable bonds is 6. The molecule has 0 unspecified atom stereocenters. The van der Waals surface area contributed by atoms with Crippen molar-refractivity contribution in [1.29, 1.82) is 0 Å². The first kappa shape index (κ1) is 21.5. The number of benzene rings is 2. The van der Waals surface area contributed by atoms with E-state index in [1.807, 2.05) is 37.4 Å². The van der Waals surface area contributed by atoms with Crippen LogP contribution in [0.4, 0.5) is 5.69 Å². The highest BCUT2D eigenvalue weighted by Crippen LogP contribution is 2.48. The van der Waals surface area contributed by atoms with Gasteiger partial charge in [0.15, 0.2) is 0 Å². The molecule has 0 bridgehead atoms. The minimum Gasteiger partial charge on any atom is -0.497 e. The van der Waals surface area contributed by atoms with Crippen LogP contribution in [0.15, 0.2) is 72.9 Å². The molecule has 1 fully saturated rings. The molecule has 33 heavy (non-hydrogen) atoms. The van der Waals surface area contributed by atoms with Crippen LogP contribution < -0.4 is 9.64 Å². The fourth-order valence-corrected chi connectivity index (χ4v) is 5.07. The van der Waals surface area contributed by atoms with Gasteiger partial charge in [-0.05, 0) is 47.9 Å². The summed E-state index contributed by atoms with van der Waals surface area (Å²) in [4.78, 5) is 21.7. The SMILES string of the molecule is COc1ccc(CN2C[C@]3(CO[C@H](C(=O)N(C)Cc4ccccn4)C3)c3ccccc32)cc1. The molecule has 5 rings (SSSR count).